The number of likely N-dealkylation sites (N-methyl/N-ethyl adjacent to an activating group) is 1. The van der Waals surface area contributed by atoms with E-state index in [1.807, 2.05) is 14.0 Å². The number of nitrogens with one attached hydrogen (secondary N) is 1. The van der Waals surface area contributed by atoms with Crippen molar-refractivity contribution in [2.75, 3.05) is 14.2 Å². The molecular formula is C12H23N3O2. The van der Waals surface area contributed by atoms with Crippen LogP contribution in [0.2, 0.25) is 0 Å². The minimum absolute atomic E-state index is 0.0747. The van der Waals surface area contributed by atoms with Crippen molar-refractivity contribution in [3.05, 3.63) is 11.7 Å². The fraction of sp³-hybridized carbons (Fsp3) is 0.833. The van der Waals surface area contributed by atoms with Crippen molar-refractivity contribution < 1.29 is 9.26 Å². The van der Waals surface area contributed by atoms with Crippen molar-refractivity contribution in [3.8, 4) is 0 Å². The number of ether oxygens (including phenoxy) is 1. The van der Waals surface area contributed by atoms with Crippen LogP contribution < -0.4 is 5.32 Å². The summed E-state index contributed by atoms with van der Waals surface area (Å²) in [6.07, 6.45) is 1.79. The number of hydrogen-bond acceptors (Lipinski definition) is 5. The van der Waals surface area contributed by atoms with E-state index in [2.05, 4.69) is 29.3 Å². The number of hydrogen-bond donors (Lipinski definition) is 1. The van der Waals surface area contributed by atoms with Crippen molar-refractivity contribution in [1.29, 1.82) is 0 Å². The van der Waals surface area contributed by atoms with Gasteiger partial charge in [-0.3, -0.25) is 0 Å². The molecule has 5 nitrogen and oxygen atoms in total. The minimum Gasteiger partial charge on any atom is -0.373 e. The lowest BCUT2D eigenvalue weighted by Crippen LogP contribution is -2.30. The van der Waals surface area contributed by atoms with Gasteiger partial charge < -0.3 is 14.6 Å². The summed E-state index contributed by atoms with van der Waals surface area (Å²) in [6, 6.07) is 0.353. The molecule has 1 aromatic heterocycles. The van der Waals surface area contributed by atoms with Gasteiger partial charge in [0.15, 0.2) is 0 Å². The third-order valence-electron chi connectivity index (χ3n) is 3.20. The van der Waals surface area contributed by atoms with E-state index in [0.29, 0.717) is 17.8 Å². The van der Waals surface area contributed by atoms with Crippen molar-refractivity contribution in [3.63, 3.8) is 0 Å². The zero-order chi connectivity index (χ0) is 12.8. The fourth-order valence-electron chi connectivity index (χ4n) is 2.00. The SMILES string of the molecule is CCC(OC)c1noc(C(C)C(CC)NC)n1. The number of methoxy groups -OCH3 is 1. The molecule has 17 heavy (non-hydrogen) atoms. The number of aromatic nitrogens is 2. The van der Waals surface area contributed by atoms with Gasteiger partial charge in [0.1, 0.15) is 6.10 Å². The maximum Gasteiger partial charge on any atom is 0.231 e. The second-order valence-electron chi connectivity index (χ2n) is 4.22. The van der Waals surface area contributed by atoms with Gasteiger partial charge in [-0.15, -0.1) is 0 Å². The van der Waals surface area contributed by atoms with E-state index in [9.17, 15) is 0 Å². The monoisotopic (exact) mass is 241 g/mol. The number of rotatable bonds is 7. The summed E-state index contributed by atoms with van der Waals surface area (Å²) in [5, 5.41) is 7.25. The molecule has 0 aliphatic rings. The van der Waals surface area contributed by atoms with E-state index in [-0.39, 0.29) is 12.0 Å². The lowest BCUT2D eigenvalue weighted by atomic mass is 10.00. The van der Waals surface area contributed by atoms with Crippen molar-refractivity contribution in [2.24, 2.45) is 0 Å². The molecule has 0 radical (unpaired) electrons. The third-order valence-corrected chi connectivity index (χ3v) is 3.20. The van der Waals surface area contributed by atoms with Gasteiger partial charge in [0.05, 0.1) is 5.92 Å². The largest absolute Gasteiger partial charge is 0.373 e. The van der Waals surface area contributed by atoms with Crippen LogP contribution in [0.3, 0.4) is 0 Å². The first-order chi connectivity index (χ1) is 8.17. The molecule has 0 aliphatic carbocycles. The molecule has 1 rings (SSSR count). The molecule has 98 valence electrons. The second kappa shape index (κ2) is 6.71. The Morgan fingerprint density at radius 1 is 1.35 bits per heavy atom. The van der Waals surface area contributed by atoms with Gasteiger partial charge in [0, 0.05) is 13.2 Å². The summed E-state index contributed by atoms with van der Waals surface area (Å²) >= 11 is 0. The highest BCUT2D eigenvalue weighted by Gasteiger charge is 2.23. The van der Waals surface area contributed by atoms with E-state index >= 15 is 0 Å². The van der Waals surface area contributed by atoms with Crippen LogP contribution in [0, 0.1) is 0 Å². The highest BCUT2D eigenvalue weighted by Crippen LogP contribution is 2.23. The molecule has 0 spiro atoms. The van der Waals surface area contributed by atoms with E-state index in [1.54, 1.807) is 7.11 Å². The predicted octanol–water partition coefficient (Wildman–Crippen LogP) is 2.27. The summed E-state index contributed by atoms with van der Waals surface area (Å²) in [5.74, 6) is 1.53. The van der Waals surface area contributed by atoms with Crippen LogP contribution >= 0.6 is 0 Å². The summed E-state index contributed by atoms with van der Waals surface area (Å²) < 4.78 is 10.6. The smallest absolute Gasteiger partial charge is 0.231 e. The van der Waals surface area contributed by atoms with Crippen molar-refractivity contribution in [2.45, 2.75) is 51.7 Å². The molecule has 0 amide bonds. The van der Waals surface area contributed by atoms with Gasteiger partial charge in [-0.25, -0.2) is 0 Å². The predicted molar refractivity (Wildman–Crippen MR) is 65.9 cm³/mol. The molecule has 0 fully saturated rings. The maximum atomic E-state index is 5.31. The van der Waals surface area contributed by atoms with Crippen LogP contribution in [0.5, 0.6) is 0 Å². The lowest BCUT2D eigenvalue weighted by Gasteiger charge is -2.18. The Hall–Kier alpha value is -0.940. The Balaban J connectivity index is 2.79. The summed E-state index contributed by atoms with van der Waals surface area (Å²) in [4.78, 5) is 4.43. The zero-order valence-electron chi connectivity index (χ0n) is 11.4. The van der Waals surface area contributed by atoms with Crippen LogP contribution in [0.1, 0.15) is 57.3 Å². The summed E-state index contributed by atoms with van der Waals surface area (Å²) in [6.45, 7) is 6.27. The Morgan fingerprint density at radius 3 is 2.53 bits per heavy atom. The molecule has 0 aromatic carbocycles. The summed E-state index contributed by atoms with van der Waals surface area (Å²) in [5.41, 5.74) is 0. The van der Waals surface area contributed by atoms with Crippen LogP contribution in [-0.4, -0.2) is 30.3 Å². The third kappa shape index (κ3) is 3.26. The molecule has 3 unspecified atom stereocenters. The molecule has 1 N–H and O–H groups in total. The second-order valence-corrected chi connectivity index (χ2v) is 4.22. The Kier molecular flexibility index (Phi) is 5.58. The van der Waals surface area contributed by atoms with Gasteiger partial charge in [-0.1, -0.05) is 25.9 Å². The Bertz CT molecular complexity index is 319. The highest BCUT2D eigenvalue weighted by molar-refractivity contribution is 4.99. The molecule has 0 aliphatic heterocycles. The van der Waals surface area contributed by atoms with Crippen molar-refractivity contribution in [1.82, 2.24) is 15.5 Å². The lowest BCUT2D eigenvalue weighted by molar-refractivity contribution is 0.0903. The highest BCUT2D eigenvalue weighted by atomic mass is 16.5. The normalized spacial score (nSPS) is 16.8. The van der Waals surface area contributed by atoms with Gasteiger partial charge in [0.2, 0.25) is 11.7 Å². The molecule has 1 aromatic rings. The zero-order valence-corrected chi connectivity index (χ0v) is 11.4. The molecule has 0 saturated heterocycles. The van der Waals surface area contributed by atoms with E-state index in [0.717, 1.165) is 12.8 Å². The first kappa shape index (κ1) is 14.1. The minimum atomic E-state index is -0.0747. The Morgan fingerprint density at radius 2 is 2.06 bits per heavy atom. The van der Waals surface area contributed by atoms with Gasteiger partial charge in [0.25, 0.3) is 0 Å². The van der Waals surface area contributed by atoms with Gasteiger partial charge >= 0.3 is 0 Å². The van der Waals surface area contributed by atoms with E-state index in [4.69, 9.17) is 9.26 Å². The summed E-state index contributed by atoms with van der Waals surface area (Å²) in [7, 11) is 3.61. The first-order valence-electron chi connectivity index (χ1n) is 6.21. The maximum absolute atomic E-state index is 5.31. The molecule has 5 heteroatoms. The first-order valence-corrected chi connectivity index (χ1v) is 6.21. The average Bonchev–Trinajstić information content (AvgIpc) is 2.81. The quantitative estimate of drug-likeness (QED) is 0.793. The van der Waals surface area contributed by atoms with Crippen LogP contribution in [0.15, 0.2) is 4.52 Å². The number of nitrogens with zero attached hydrogens (tertiary/aromatic N) is 2. The standard InChI is InChI=1S/C12H23N3O2/c1-6-9(13-4)8(3)12-14-11(15-17-12)10(7-2)16-5/h8-10,13H,6-7H2,1-5H3. The van der Waals surface area contributed by atoms with E-state index < -0.39 is 0 Å². The topological polar surface area (TPSA) is 60.2 Å². The Labute approximate surface area is 103 Å². The molecule has 3 atom stereocenters. The molecule has 0 saturated carbocycles. The average molecular weight is 241 g/mol. The van der Waals surface area contributed by atoms with E-state index in [1.165, 1.54) is 0 Å². The van der Waals surface area contributed by atoms with Crippen LogP contribution in [0.4, 0.5) is 0 Å². The van der Waals surface area contributed by atoms with Gasteiger partial charge in [-0.2, -0.15) is 4.98 Å². The molecule has 1 heterocycles. The molecule has 0 bridgehead atoms. The fourth-order valence-corrected chi connectivity index (χ4v) is 2.00. The molecular weight excluding hydrogens is 218 g/mol. The van der Waals surface area contributed by atoms with Crippen LogP contribution in [-0.2, 0) is 4.74 Å². The van der Waals surface area contributed by atoms with Crippen LogP contribution in [0.25, 0.3) is 0 Å². The van der Waals surface area contributed by atoms with Gasteiger partial charge in [-0.05, 0) is 19.9 Å². The van der Waals surface area contributed by atoms with Crippen molar-refractivity contribution >= 4 is 0 Å².